The Hall–Kier alpha value is -2.06. The highest BCUT2D eigenvalue weighted by Crippen LogP contribution is 2.24. The summed E-state index contributed by atoms with van der Waals surface area (Å²) in [7, 11) is 0. The number of hydrogen-bond acceptors (Lipinski definition) is 2. The SMILES string of the molecule is C=C/C=C(\C(=C)Cl)C(C)CCO/C(C=C)=c1\nccc\c1=C\C. The maximum atomic E-state index is 6.03. The van der Waals surface area contributed by atoms with E-state index in [0.717, 1.165) is 22.6 Å². The first-order valence-corrected chi connectivity index (χ1v) is 7.97. The molecule has 0 aliphatic carbocycles. The Morgan fingerprint density at radius 2 is 2.17 bits per heavy atom. The van der Waals surface area contributed by atoms with Crippen LogP contribution in [0.1, 0.15) is 20.3 Å². The highest BCUT2D eigenvalue weighted by molar-refractivity contribution is 6.31. The summed E-state index contributed by atoms with van der Waals surface area (Å²) in [5.74, 6) is 0.912. The average Bonchev–Trinajstić information content (AvgIpc) is 2.56. The maximum Gasteiger partial charge on any atom is 0.144 e. The van der Waals surface area contributed by atoms with E-state index in [2.05, 4.69) is 31.6 Å². The standard InChI is InChI=1S/C20H24ClNO/c1-6-10-18(16(5)21)15(4)12-14-23-19(8-3)20-17(7-2)11-9-13-22-20/h6-11,13,15H,1,3,5,12,14H2,2,4H3/b17-7-,18-10-,20-19-. The van der Waals surface area contributed by atoms with Crippen LogP contribution in [0.15, 0.2) is 66.9 Å². The fourth-order valence-corrected chi connectivity index (χ4v) is 2.48. The number of halogens is 1. The van der Waals surface area contributed by atoms with Gasteiger partial charge in [-0.3, -0.25) is 4.98 Å². The van der Waals surface area contributed by atoms with Crippen LogP contribution in [-0.4, -0.2) is 11.6 Å². The fraction of sp³-hybridized carbons (Fsp3) is 0.250. The zero-order valence-corrected chi connectivity index (χ0v) is 14.6. The quantitative estimate of drug-likeness (QED) is 0.670. The molecule has 0 aliphatic heterocycles. The van der Waals surface area contributed by atoms with Crippen LogP contribution in [0.5, 0.6) is 0 Å². The van der Waals surface area contributed by atoms with Crippen molar-refractivity contribution in [1.29, 1.82) is 0 Å². The lowest BCUT2D eigenvalue weighted by Gasteiger charge is -2.15. The van der Waals surface area contributed by atoms with Crippen molar-refractivity contribution in [3.05, 3.63) is 77.5 Å². The van der Waals surface area contributed by atoms with Gasteiger partial charge in [0.05, 0.1) is 6.61 Å². The van der Waals surface area contributed by atoms with E-state index in [4.69, 9.17) is 16.3 Å². The van der Waals surface area contributed by atoms with E-state index in [1.165, 1.54) is 0 Å². The molecule has 0 aliphatic rings. The molecule has 0 radical (unpaired) electrons. The van der Waals surface area contributed by atoms with Crippen molar-refractivity contribution in [3.8, 4) is 0 Å². The summed E-state index contributed by atoms with van der Waals surface area (Å²) in [4.78, 5) is 4.39. The molecule has 1 atom stereocenters. The molecule has 1 aromatic rings. The molecule has 23 heavy (non-hydrogen) atoms. The smallest absolute Gasteiger partial charge is 0.144 e. The number of ether oxygens (including phenoxy) is 1. The summed E-state index contributed by atoms with van der Waals surface area (Å²) >= 11 is 6.03. The Morgan fingerprint density at radius 1 is 1.43 bits per heavy atom. The van der Waals surface area contributed by atoms with Gasteiger partial charge >= 0.3 is 0 Å². The Labute approximate surface area is 143 Å². The third-order valence-electron chi connectivity index (χ3n) is 3.52. The van der Waals surface area contributed by atoms with Gasteiger partial charge in [-0.25, -0.2) is 0 Å². The number of pyridine rings is 1. The molecular formula is C20H24ClNO. The molecule has 0 saturated carbocycles. The van der Waals surface area contributed by atoms with Crippen LogP contribution >= 0.6 is 11.6 Å². The monoisotopic (exact) mass is 329 g/mol. The lowest BCUT2D eigenvalue weighted by molar-refractivity contribution is 0.256. The van der Waals surface area contributed by atoms with Crippen molar-refractivity contribution in [3.63, 3.8) is 0 Å². The predicted molar refractivity (Wildman–Crippen MR) is 100 cm³/mol. The minimum atomic E-state index is 0.227. The highest BCUT2D eigenvalue weighted by Gasteiger charge is 2.11. The van der Waals surface area contributed by atoms with Crippen LogP contribution in [0.25, 0.3) is 11.8 Å². The van der Waals surface area contributed by atoms with E-state index in [9.17, 15) is 0 Å². The summed E-state index contributed by atoms with van der Waals surface area (Å²) in [5.41, 5.74) is 0.978. The first-order chi connectivity index (χ1) is 11.0. The predicted octanol–water partition coefficient (Wildman–Crippen LogP) is 4.08. The molecule has 0 fully saturated rings. The molecule has 1 rings (SSSR count). The minimum absolute atomic E-state index is 0.227. The van der Waals surface area contributed by atoms with Gasteiger partial charge in [-0.2, -0.15) is 0 Å². The Bertz CT molecular complexity index is 715. The summed E-state index contributed by atoms with van der Waals surface area (Å²) in [6, 6.07) is 3.90. The lowest BCUT2D eigenvalue weighted by Crippen LogP contribution is -2.30. The van der Waals surface area contributed by atoms with Crippen molar-refractivity contribution in [1.82, 2.24) is 4.98 Å². The second-order valence-corrected chi connectivity index (χ2v) is 5.56. The van der Waals surface area contributed by atoms with Gasteiger partial charge in [0.25, 0.3) is 0 Å². The van der Waals surface area contributed by atoms with Gasteiger partial charge in [-0.1, -0.05) is 62.6 Å². The van der Waals surface area contributed by atoms with Crippen LogP contribution in [0, 0.1) is 5.92 Å². The Morgan fingerprint density at radius 3 is 2.74 bits per heavy atom. The number of aromatic nitrogens is 1. The molecule has 0 spiro atoms. The molecule has 0 amide bonds. The first kappa shape index (κ1) is 19.0. The molecule has 1 heterocycles. The third-order valence-corrected chi connectivity index (χ3v) is 3.74. The van der Waals surface area contributed by atoms with Crippen molar-refractivity contribution in [2.75, 3.05) is 6.61 Å². The van der Waals surface area contributed by atoms with E-state index in [-0.39, 0.29) is 5.92 Å². The van der Waals surface area contributed by atoms with Crippen LogP contribution in [0.3, 0.4) is 0 Å². The molecule has 0 saturated heterocycles. The lowest BCUT2D eigenvalue weighted by atomic mass is 9.97. The molecule has 1 aromatic heterocycles. The fourth-order valence-electron chi connectivity index (χ4n) is 2.23. The van der Waals surface area contributed by atoms with E-state index in [1.807, 2.05) is 31.2 Å². The molecule has 0 bridgehead atoms. The largest absolute Gasteiger partial charge is 0.491 e. The molecule has 0 aromatic carbocycles. The van der Waals surface area contributed by atoms with Gasteiger partial charge in [-0.15, -0.1) is 0 Å². The van der Waals surface area contributed by atoms with Crippen molar-refractivity contribution < 1.29 is 4.74 Å². The third kappa shape index (κ3) is 5.57. The molecule has 0 N–H and O–H groups in total. The van der Waals surface area contributed by atoms with Crippen LogP contribution in [0.4, 0.5) is 0 Å². The minimum Gasteiger partial charge on any atom is -0.491 e. The van der Waals surface area contributed by atoms with E-state index >= 15 is 0 Å². The van der Waals surface area contributed by atoms with E-state index in [1.54, 1.807) is 18.3 Å². The average molecular weight is 330 g/mol. The number of hydrogen-bond donors (Lipinski definition) is 0. The van der Waals surface area contributed by atoms with Gasteiger partial charge in [0.2, 0.25) is 0 Å². The second-order valence-electron chi connectivity index (χ2n) is 5.10. The molecule has 122 valence electrons. The number of allylic oxidation sites excluding steroid dienone is 4. The second kappa shape index (κ2) is 9.86. The molecular weight excluding hydrogens is 306 g/mol. The van der Waals surface area contributed by atoms with Gasteiger partial charge in [0, 0.05) is 11.2 Å². The van der Waals surface area contributed by atoms with Gasteiger partial charge in [0.1, 0.15) is 11.1 Å². The molecule has 3 heteroatoms. The zero-order chi connectivity index (χ0) is 17.2. The van der Waals surface area contributed by atoms with Crippen LogP contribution in [-0.2, 0) is 4.74 Å². The maximum absolute atomic E-state index is 6.03. The Balaban J connectivity index is 2.88. The van der Waals surface area contributed by atoms with Crippen molar-refractivity contribution in [2.45, 2.75) is 20.3 Å². The summed E-state index contributed by atoms with van der Waals surface area (Å²) < 4.78 is 5.89. The normalized spacial score (nSPS) is 14.9. The topological polar surface area (TPSA) is 22.1 Å². The van der Waals surface area contributed by atoms with Gasteiger partial charge < -0.3 is 4.74 Å². The van der Waals surface area contributed by atoms with Crippen LogP contribution in [0.2, 0.25) is 0 Å². The van der Waals surface area contributed by atoms with Crippen LogP contribution < -0.4 is 10.6 Å². The summed E-state index contributed by atoms with van der Waals surface area (Å²) in [6.07, 6.45) is 9.86. The van der Waals surface area contributed by atoms with Crippen molar-refractivity contribution in [2.24, 2.45) is 5.92 Å². The summed E-state index contributed by atoms with van der Waals surface area (Å²) in [5, 5.41) is 2.37. The first-order valence-electron chi connectivity index (χ1n) is 7.59. The number of nitrogens with zero attached hydrogens (tertiary/aromatic N) is 1. The number of rotatable bonds is 8. The highest BCUT2D eigenvalue weighted by atomic mass is 35.5. The summed E-state index contributed by atoms with van der Waals surface area (Å²) in [6.45, 7) is 15.9. The van der Waals surface area contributed by atoms with Crippen molar-refractivity contribution >= 4 is 23.4 Å². The Kier molecular flexibility index (Phi) is 8.14. The van der Waals surface area contributed by atoms with Gasteiger partial charge in [-0.05, 0) is 42.2 Å². The van der Waals surface area contributed by atoms with E-state index in [0.29, 0.717) is 17.4 Å². The molecule has 1 unspecified atom stereocenters. The zero-order valence-electron chi connectivity index (χ0n) is 13.9. The van der Waals surface area contributed by atoms with Gasteiger partial charge in [0.15, 0.2) is 0 Å². The molecule has 2 nitrogen and oxygen atoms in total. The van der Waals surface area contributed by atoms with E-state index < -0.39 is 0 Å².